The third kappa shape index (κ3) is 1.50. The summed E-state index contributed by atoms with van der Waals surface area (Å²) in [5.41, 5.74) is 3.28. The van der Waals surface area contributed by atoms with Crippen LogP contribution in [0.25, 0.3) is 0 Å². The molecule has 2 nitrogen and oxygen atoms in total. The van der Waals surface area contributed by atoms with Crippen molar-refractivity contribution in [3.05, 3.63) is 47.3 Å². The predicted molar refractivity (Wildman–Crippen MR) is 53.9 cm³/mol. The number of hydrogen-bond donors (Lipinski definition) is 0. The Morgan fingerprint density at radius 2 is 2.00 bits per heavy atom. The van der Waals surface area contributed by atoms with Crippen LogP contribution in [0, 0.1) is 0 Å². The second-order valence-corrected chi connectivity index (χ2v) is 2.77. The van der Waals surface area contributed by atoms with Crippen LogP contribution in [0.2, 0.25) is 0 Å². The summed E-state index contributed by atoms with van der Waals surface area (Å²) >= 11 is 0. The van der Waals surface area contributed by atoms with Crippen molar-refractivity contribution in [3.63, 3.8) is 0 Å². The fourth-order valence-electron chi connectivity index (χ4n) is 1.23. The third-order valence-electron chi connectivity index (χ3n) is 1.89. The molecule has 2 heteroatoms. The summed E-state index contributed by atoms with van der Waals surface area (Å²) in [4.78, 5) is 7.77. The summed E-state index contributed by atoms with van der Waals surface area (Å²) in [6.45, 7) is 1.99. The number of hydrogen-bond acceptors (Lipinski definition) is 2. The zero-order valence-electron chi connectivity index (χ0n) is 7.28. The van der Waals surface area contributed by atoms with Crippen molar-refractivity contribution < 1.29 is 0 Å². The third-order valence-corrected chi connectivity index (χ3v) is 1.89. The Bertz CT molecular complexity index is 390. The minimum Gasteiger partial charge on any atom is -0.0742 e. The predicted octanol–water partition coefficient (Wildman–Crippen LogP) is 2.18. The van der Waals surface area contributed by atoms with Crippen LogP contribution >= 0.6 is 0 Å². The van der Waals surface area contributed by atoms with Gasteiger partial charge in [0, 0.05) is 0 Å². The highest BCUT2D eigenvalue weighted by Crippen LogP contribution is 2.20. The maximum Gasteiger partial charge on any atom is 0.161 e. The Morgan fingerprint density at radius 3 is 2.69 bits per heavy atom. The largest absolute Gasteiger partial charge is 0.161 e. The van der Waals surface area contributed by atoms with E-state index in [1.165, 1.54) is 0 Å². The second kappa shape index (κ2) is 3.24. The molecule has 0 spiro atoms. The zero-order valence-corrected chi connectivity index (χ0v) is 7.28. The van der Waals surface area contributed by atoms with Crippen molar-refractivity contribution >= 4 is 12.4 Å². The van der Waals surface area contributed by atoms with Gasteiger partial charge in [-0.05, 0) is 6.92 Å². The van der Waals surface area contributed by atoms with E-state index in [2.05, 4.69) is 22.4 Å². The van der Waals surface area contributed by atoms with Crippen molar-refractivity contribution in [2.75, 3.05) is 0 Å². The Kier molecular flexibility index (Phi) is 1.93. The first-order chi connectivity index (χ1) is 6.38. The molecule has 2 aliphatic heterocycles. The van der Waals surface area contributed by atoms with Gasteiger partial charge >= 0.3 is 0 Å². The van der Waals surface area contributed by atoms with E-state index in [1.54, 1.807) is 12.4 Å². The van der Waals surface area contributed by atoms with E-state index in [-0.39, 0.29) is 0 Å². The number of nitrogens with zero attached hydrogens (tertiary/aromatic N) is 2. The fraction of sp³-hybridized carbons (Fsp3) is 0.0909. The lowest BCUT2D eigenvalue weighted by Gasteiger charge is -1.93. The van der Waals surface area contributed by atoms with Gasteiger partial charge in [-0.1, -0.05) is 9.98 Å². The lowest BCUT2D eigenvalue weighted by atomic mass is 9.99. The Morgan fingerprint density at radius 1 is 1.15 bits per heavy atom. The number of aliphatic imine (C=N–C) groups is 2. The van der Waals surface area contributed by atoms with E-state index in [9.17, 15) is 0 Å². The molecule has 0 radical (unpaired) electrons. The Balaban J connectivity index is 2.42. The number of allylic oxidation sites excluding steroid dienone is 6. The van der Waals surface area contributed by atoms with Crippen LogP contribution in [0.3, 0.4) is 0 Å². The highest BCUT2D eigenvalue weighted by atomic mass is 14.7. The van der Waals surface area contributed by atoms with E-state index < -0.39 is 0 Å². The van der Waals surface area contributed by atoms with Crippen molar-refractivity contribution in [2.45, 2.75) is 6.92 Å². The Labute approximate surface area is 77.4 Å². The normalized spacial score (nSPS) is 18.4. The van der Waals surface area contributed by atoms with Crippen molar-refractivity contribution in [1.82, 2.24) is 0 Å². The van der Waals surface area contributed by atoms with Gasteiger partial charge in [0.25, 0.3) is 0 Å². The Hall–Kier alpha value is -1.88. The van der Waals surface area contributed by atoms with Crippen molar-refractivity contribution in [2.24, 2.45) is 9.98 Å². The second-order valence-electron chi connectivity index (χ2n) is 2.77. The van der Waals surface area contributed by atoms with Crippen LogP contribution < -0.4 is 0 Å². The SMILES string of the molecule is CC1=C(C2=C[C+]=NC=C2)C=CN=[C+]1. The van der Waals surface area contributed by atoms with Crippen LogP contribution in [0.4, 0.5) is 0 Å². The summed E-state index contributed by atoms with van der Waals surface area (Å²) in [5.74, 6) is 0. The molecular weight excluding hydrogens is 160 g/mol. The van der Waals surface area contributed by atoms with Crippen LogP contribution in [-0.2, 0) is 0 Å². The van der Waals surface area contributed by atoms with E-state index in [0.717, 1.165) is 16.7 Å². The molecule has 2 aliphatic rings. The van der Waals surface area contributed by atoms with Gasteiger partial charge in [-0.15, -0.1) is 0 Å². The van der Waals surface area contributed by atoms with E-state index in [1.807, 2.05) is 25.2 Å². The first-order valence-corrected chi connectivity index (χ1v) is 4.03. The van der Waals surface area contributed by atoms with Crippen LogP contribution in [0.5, 0.6) is 0 Å². The molecule has 0 N–H and O–H groups in total. The molecule has 2 rings (SSSR count). The molecule has 0 aromatic rings. The molecule has 0 saturated carbocycles. The highest BCUT2D eigenvalue weighted by molar-refractivity contribution is 5.86. The lowest BCUT2D eigenvalue weighted by Crippen LogP contribution is -1.95. The smallest absolute Gasteiger partial charge is 0.0742 e. The minimum absolute atomic E-state index is 1.04. The highest BCUT2D eigenvalue weighted by Gasteiger charge is 2.20. The summed E-state index contributed by atoms with van der Waals surface area (Å²) in [6, 6.07) is 0. The molecule has 0 bridgehead atoms. The molecule has 0 aliphatic carbocycles. The van der Waals surface area contributed by atoms with Gasteiger partial charge in [0.1, 0.15) is 18.5 Å². The van der Waals surface area contributed by atoms with Gasteiger partial charge in [-0.2, -0.15) is 0 Å². The first-order valence-electron chi connectivity index (χ1n) is 4.03. The first kappa shape index (κ1) is 7.75. The molecule has 2 heterocycles. The monoisotopic (exact) mass is 168 g/mol. The van der Waals surface area contributed by atoms with Crippen LogP contribution in [0.1, 0.15) is 6.92 Å². The van der Waals surface area contributed by atoms with Gasteiger partial charge in [0.05, 0.1) is 12.2 Å². The van der Waals surface area contributed by atoms with Crippen molar-refractivity contribution in [1.29, 1.82) is 0 Å². The quantitative estimate of drug-likeness (QED) is 0.536. The average molecular weight is 168 g/mol. The van der Waals surface area contributed by atoms with Crippen LogP contribution in [0.15, 0.2) is 57.3 Å². The molecule has 0 fully saturated rings. The van der Waals surface area contributed by atoms with E-state index in [4.69, 9.17) is 0 Å². The molecule has 0 atom stereocenters. The molecule has 60 valence electrons. The van der Waals surface area contributed by atoms with Crippen LogP contribution in [-0.4, -0.2) is 12.4 Å². The summed E-state index contributed by atoms with van der Waals surface area (Å²) < 4.78 is 0. The maximum absolute atomic E-state index is 3.92. The molecule has 13 heavy (non-hydrogen) atoms. The van der Waals surface area contributed by atoms with Crippen molar-refractivity contribution in [3.8, 4) is 0 Å². The van der Waals surface area contributed by atoms with Gasteiger partial charge in [-0.25, -0.2) is 0 Å². The fourth-order valence-corrected chi connectivity index (χ4v) is 1.23. The number of rotatable bonds is 1. The van der Waals surface area contributed by atoms with Gasteiger partial charge < -0.3 is 0 Å². The molecule has 0 saturated heterocycles. The lowest BCUT2D eigenvalue weighted by molar-refractivity contribution is 1.37. The average Bonchev–Trinajstić information content (AvgIpc) is 2.20. The van der Waals surface area contributed by atoms with Gasteiger partial charge in [0.2, 0.25) is 0 Å². The molecule has 0 aromatic carbocycles. The molecule has 0 unspecified atom stereocenters. The van der Waals surface area contributed by atoms with E-state index >= 15 is 0 Å². The van der Waals surface area contributed by atoms with Gasteiger partial charge in [-0.3, -0.25) is 0 Å². The summed E-state index contributed by atoms with van der Waals surface area (Å²) in [6.07, 6.45) is 15.0. The standard InChI is InChI=1S/C11H8N2/c1-9-8-13-7-4-11(9)10-2-5-12-6-3-10/h2-5,7H,1H3/q+2. The summed E-state index contributed by atoms with van der Waals surface area (Å²) in [5, 5.41) is 0. The summed E-state index contributed by atoms with van der Waals surface area (Å²) in [7, 11) is 0. The minimum atomic E-state index is 1.04. The zero-order chi connectivity index (χ0) is 9.10. The van der Waals surface area contributed by atoms with Gasteiger partial charge in [0.15, 0.2) is 29.1 Å². The molecule has 0 amide bonds. The maximum atomic E-state index is 3.92. The van der Waals surface area contributed by atoms with E-state index in [0.29, 0.717) is 0 Å². The topological polar surface area (TPSA) is 24.7 Å². The molecule has 0 aromatic heterocycles. The molecular formula is C11H8N2+2.